The van der Waals surface area contributed by atoms with Crippen LogP contribution in [0.25, 0.3) is 0 Å². The summed E-state index contributed by atoms with van der Waals surface area (Å²) < 4.78 is 16.8. The van der Waals surface area contributed by atoms with Gasteiger partial charge in [-0.3, -0.25) is 14.4 Å². The minimum atomic E-state index is -0.772. The average molecular weight is 815 g/mol. The predicted octanol–water partition coefficient (Wildman–Crippen LogP) is 16.1. The molecule has 6 heteroatoms. The van der Waals surface area contributed by atoms with Crippen LogP contribution in [-0.4, -0.2) is 37.2 Å². The second kappa shape index (κ2) is 47.3. The maximum Gasteiger partial charge on any atom is 0.306 e. The van der Waals surface area contributed by atoms with E-state index in [1.54, 1.807) is 0 Å². The molecule has 0 bridgehead atoms. The zero-order valence-electron chi connectivity index (χ0n) is 38.6. The molecule has 0 amide bonds. The maximum atomic E-state index is 12.8. The number of carbonyl (C=O) groups is 3. The molecule has 1 unspecified atom stereocenters. The summed E-state index contributed by atoms with van der Waals surface area (Å²) in [6, 6.07) is 0. The van der Waals surface area contributed by atoms with Crippen molar-refractivity contribution in [1.29, 1.82) is 0 Å². The molecule has 0 N–H and O–H groups in total. The number of allylic oxidation sites excluding steroid dienone is 6. The van der Waals surface area contributed by atoms with Crippen LogP contribution >= 0.6 is 0 Å². The van der Waals surface area contributed by atoms with E-state index in [-0.39, 0.29) is 31.1 Å². The number of esters is 3. The summed E-state index contributed by atoms with van der Waals surface area (Å²) in [7, 11) is 0. The molecule has 0 aromatic carbocycles. The number of rotatable bonds is 45. The minimum absolute atomic E-state index is 0.0737. The number of carbonyl (C=O) groups excluding carboxylic acids is 3. The average Bonchev–Trinajstić information content (AvgIpc) is 3.22. The topological polar surface area (TPSA) is 78.9 Å². The molecule has 0 saturated heterocycles. The Morgan fingerprint density at radius 2 is 0.672 bits per heavy atom. The van der Waals surface area contributed by atoms with E-state index in [1.807, 2.05) is 0 Å². The van der Waals surface area contributed by atoms with Crippen molar-refractivity contribution < 1.29 is 28.6 Å². The van der Waals surface area contributed by atoms with Crippen LogP contribution in [0.3, 0.4) is 0 Å². The second-order valence-electron chi connectivity index (χ2n) is 16.7. The van der Waals surface area contributed by atoms with E-state index in [2.05, 4.69) is 57.2 Å². The van der Waals surface area contributed by atoms with Gasteiger partial charge in [0.1, 0.15) is 13.2 Å². The Kier molecular flexibility index (Phi) is 45.4. The smallest absolute Gasteiger partial charge is 0.306 e. The minimum Gasteiger partial charge on any atom is -0.462 e. The molecule has 0 aliphatic carbocycles. The highest BCUT2D eigenvalue weighted by Crippen LogP contribution is 2.16. The first-order valence-electron chi connectivity index (χ1n) is 25.0. The second-order valence-corrected chi connectivity index (χ2v) is 16.7. The molecule has 0 aliphatic rings. The van der Waals surface area contributed by atoms with Crippen LogP contribution in [0, 0.1) is 0 Å². The fourth-order valence-corrected chi connectivity index (χ4v) is 7.16. The van der Waals surface area contributed by atoms with Crippen molar-refractivity contribution in [3.8, 4) is 0 Å². The van der Waals surface area contributed by atoms with Crippen LogP contribution in [0.2, 0.25) is 0 Å². The summed E-state index contributed by atoms with van der Waals surface area (Å²) in [5.74, 6) is -0.882. The van der Waals surface area contributed by atoms with Crippen LogP contribution in [-0.2, 0) is 28.6 Å². The third-order valence-electron chi connectivity index (χ3n) is 10.9. The van der Waals surface area contributed by atoms with Crippen molar-refractivity contribution in [3.63, 3.8) is 0 Å². The highest BCUT2D eigenvalue weighted by atomic mass is 16.6. The molecule has 0 saturated carbocycles. The van der Waals surface area contributed by atoms with Crippen LogP contribution in [0.4, 0.5) is 0 Å². The largest absolute Gasteiger partial charge is 0.462 e. The quantitative estimate of drug-likeness (QED) is 0.0264. The van der Waals surface area contributed by atoms with Crippen LogP contribution < -0.4 is 0 Å². The van der Waals surface area contributed by atoms with Gasteiger partial charge in [0.05, 0.1) is 0 Å². The fraction of sp³-hybridized carbons (Fsp3) is 0.827. The lowest BCUT2D eigenvalue weighted by Crippen LogP contribution is -2.30. The van der Waals surface area contributed by atoms with Crippen LogP contribution in [0.1, 0.15) is 258 Å². The van der Waals surface area contributed by atoms with E-state index in [0.29, 0.717) is 19.3 Å². The highest BCUT2D eigenvalue weighted by Gasteiger charge is 2.19. The number of ether oxygens (including phenoxy) is 3. The van der Waals surface area contributed by atoms with Crippen molar-refractivity contribution in [2.45, 2.75) is 264 Å². The molecule has 0 spiro atoms. The third-order valence-corrected chi connectivity index (χ3v) is 10.9. The first-order valence-corrected chi connectivity index (χ1v) is 25.0. The predicted molar refractivity (Wildman–Crippen MR) is 247 cm³/mol. The summed E-state index contributed by atoms with van der Waals surface area (Å²) in [6.45, 7) is 6.52. The Hall–Kier alpha value is -2.37. The Morgan fingerprint density at radius 3 is 1.05 bits per heavy atom. The zero-order chi connectivity index (χ0) is 42.3. The molecule has 0 radical (unpaired) electrons. The molecule has 6 nitrogen and oxygen atoms in total. The lowest BCUT2D eigenvalue weighted by Gasteiger charge is -2.18. The molecular formula is C52H94O6. The molecular weight excluding hydrogens is 721 g/mol. The lowest BCUT2D eigenvalue weighted by atomic mass is 10.0. The Bertz CT molecular complexity index is 984. The highest BCUT2D eigenvalue weighted by molar-refractivity contribution is 5.71. The van der Waals surface area contributed by atoms with Gasteiger partial charge in [0, 0.05) is 19.3 Å². The summed E-state index contributed by atoms with van der Waals surface area (Å²) >= 11 is 0. The molecule has 1 atom stereocenters. The monoisotopic (exact) mass is 815 g/mol. The first-order chi connectivity index (χ1) is 28.5. The molecule has 58 heavy (non-hydrogen) atoms. The van der Waals surface area contributed by atoms with Crippen LogP contribution in [0.5, 0.6) is 0 Å². The van der Waals surface area contributed by atoms with E-state index in [0.717, 1.165) is 96.3 Å². The van der Waals surface area contributed by atoms with Gasteiger partial charge in [0.15, 0.2) is 6.10 Å². The van der Waals surface area contributed by atoms with Gasteiger partial charge in [-0.05, 0) is 51.4 Å². The number of hydrogen-bond donors (Lipinski definition) is 0. The van der Waals surface area contributed by atoms with E-state index < -0.39 is 6.10 Å². The molecule has 338 valence electrons. The fourth-order valence-electron chi connectivity index (χ4n) is 7.16. The van der Waals surface area contributed by atoms with Gasteiger partial charge in [0.25, 0.3) is 0 Å². The molecule has 0 aromatic heterocycles. The molecule has 0 fully saturated rings. The van der Waals surface area contributed by atoms with Crippen LogP contribution in [0.15, 0.2) is 36.5 Å². The molecule has 0 aliphatic heterocycles. The van der Waals surface area contributed by atoms with E-state index >= 15 is 0 Å². The lowest BCUT2D eigenvalue weighted by molar-refractivity contribution is -0.167. The summed E-state index contributed by atoms with van der Waals surface area (Å²) in [5.41, 5.74) is 0. The SMILES string of the molecule is CC/C=C\C/C=C\C/C=C\CCCCCCCC(=O)OCC(COC(=O)CCCCCCCCCCCCC)OC(=O)CCCCCCCCCCCCCCCC. The normalized spacial score (nSPS) is 12.3. The van der Waals surface area contributed by atoms with E-state index in [4.69, 9.17) is 14.2 Å². The van der Waals surface area contributed by atoms with Crippen molar-refractivity contribution in [1.82, 2.24) is 0 Å². The van der Waals surface area contributed by atoms with Crippen molar-refractivity contribution in [2.75, 3.05) is 13.2 Å². The van der Waals surface area contributed by atoms with E-state index in [1.165, 1.54) is 122 Å². The summed E-state index contributed by atoms with van der Waals surface area (Å²) in [6.07, 6.45) is 54.1. The van der Waals surface area contributed by atoms with Gasteiger partial charge in [-0.15, -0.1) is 0 Å². The Labute approximate surface area is 359 Å². The van der Waals surface area contributed by atoms with Gasteiger partial charge in [0.2, 0.25) is 0 Å². The van der Waals surface area contributed by atoms with Crippen molar-refractivity contribution in [2.24, 2.45) is 0 Å². The van der Waals surface area contributed by atoms with Gasteiger partial charge in [-0.1, -0.05) is 224 Å². The Morgan fingerprint density at radius 1 is 0.362 bits per heavy atom. The number of hydrogen-bond acceptors (Lipinski definition) is 6. The third kappa shape index (κ3) is 44.7. The van der Waals surface area contributed by atoms with Crippen molar-refractivity contribution in [3.05, 3.63) is 36.5 Å². The first kappa shape index (κ1) is 55.6. The standard InChI is InChI=1S/C52H94O6/c1-4-7-10-13-16-19-22-24-26-28-30-33-36-39-42-45-51(54)57-48-49(47-56-50(53)44-41-38-35-32-29-21-18-15-12-9-6-3)58-52(55)46-43-40-37-34-31-27-25-23-20-17-14-11-8-5-2/h7,10,16,19,24,26,49H,4-6,8-9,11-15,17-18,20-23,25,27-48H2,1-3H3/b10-7-,19-16-,26-24-. The molecule has 0 rings (SSSR count). The zero-order valence-corrected chi connectivity index (χ0v) is 38.6. The maximum absolute atomic E-state index is 12.8. The molecule has 0 aromatic rings. The van der Waals surface area contributed by atoms with Gasteiger partial charge in [-0.25, -0.2) is 0 Å². The summed E-state index contributed by atoms with van der Waals surface area (Å²) in [4.78, 5) is 37.9. The van der Waals surface area contributed by atoms with Gasteiger partial charge in [-0.2, -0.15) is 0 Å². The van der Waals surface area contributed by atoms with Gasteiger partial charge >= 0.3 is 17.9 Å². The van der Waals surface area contributed by atoms with E-state index in [9.17, 15) is 14.4 Å². The Balaban J connectivity index is 4.37. The van der Waals surface area contributed by atoms with Gasteiger partial charge < -0.3 is 14.2 Å². The van der Waals surface area contributed by atoms with Crippen molar-refractivity contribution >= 4 is 17.9 Å². The summed E-state index contributed by atoms with van der Waals surface area (Å²) in [5, 5.41) is 0. The molecule has 0 heterocycles. The number of unbranched alkanes of at least 4 members (excludes halogenated alkanes) is 28.